The molecule has 0 aromatic heterocycles. The molecule has 0 aliphatic carbocycles. The van der Waals surface area contributed by atoms with E-state index in [-0.39, 0.29) is 13.1 Å². The fourth-order valence-corrected chi connectivity index (χ4v) is 3.66. The minimum absolute atomic E-state index is 0.214. The molecule has 1 saturated heterocycles. The lowest BCUT2D eigenvalue weighted by Crippen LogP contribution is -2.53. The Balaban J connectivity index is 2.13. The fraction of sp³-hybridized carbons (Fsp3) is 0.500. The van der Waals surface area contributed by atoms with Crippen LogP contribution in [-0.4, -0.2) is 73.3 Å². The summed E-state index contributed by atoms with van der Waals surface area (Å²) in [6.07, 6.45) is 0. The van der Waals surface area contributed by atoms with Crippen LogP contribution in [0.25, 0.3) is 0 Å². The normalized spacial score (nSPS) is 19.0. The molecular weight excluding hydrogens is 325 g/mol. The molecule has 0 bridgehead atoms. The van der Waals surface area contributed by atoms with Crippen molar-refractivity contribution in [2.24, 2.45) is 0 Å². The number of hydrogen-bond acceptors (Lipinski definition) is 4. The number of aliphatic carboxylic acids is 1. The van der Waals surface area contributed by atoms with Crippen molar-refractivity contribution in [3.05, 3.63) is 35.6 Å². The van der Waals surface area contributed by atoms with Crippen molar-refractivity contribution in [1.29, 1.82) is 0 Å². The van der Waals surface area contributed by atoms with Crippen molar-refractivity contribution in [3.63, 3.8) is 0 Å². The van der Waals surface area contributed by atoms with Gasteiger partial charge in [0.1, 0.15) is 11.9 Å². The van der Waals surface area contributed by atoms with Crippen LogP contribution in [0.5, 0.6) is 0 Å². The van der Waals surface area contributed by atoms with Gasteiger partial charge in [-0.1, -0.05) is 12.1 Å². The van der Waals surface area contributed by atoms with Gasteiger partial charge in [-0.25, -0.2) is 4.39 Å². The monoisotopic (exact) mass is 345 g/mol. The zero-order chi connectivity index (χ0) is 17.2. The van der Waals surface area contributed by atoms with E-state index in [1.54, 1.807) is 4.90 Å². The van der Waals surface area contributed by atoms with E-state index < -0.39 is 28.0 Å². The Morgan fingerprint density at radius 3 is 2.13 bits per heavy atom. The fourth-order valence-electron chi connectivity index (χ4n) is 2.58. The Kier molecular flexibility index (Phi) is 5.35. The maximum Gasteiger partial charge on any atom is 0.325 e. The molecule has 1 aromatic rings. The van der Waals surface area contributed by atoms with Crippen LogP contribution in [0.2, 0.25) is 0 Å². The third kappa shape index (κ3) is 3.86. The molecule has 1 N–H and O–H groups in total. The van der Waals surface area contributed by atoms with Crippen LogP contribution in [0.4, 0.5) is 4.39 Å². The number of hydrogen-bond donors (Lipinski definition) is 1. The molecule has 0 spiro atoms. The number of halogens is 1. The largest absolute Gasteiger partial charge is 0.480 e. The minimum Gasteiger partial charge on any atom is -0.480 e. The van der Waals surface area contributed by atoms with E-state index in [2.05, 4.69) is 0 Å². The lowest BCUT2D eigenvalue weighted by molar-refractivity contribution is -0.144. The number of piperazine rings is 1. The SMILES string of the molecule is CN(C)S(=O)(=O)N1CCN(C(C(=O)O)c2ccc(F)cc2)CC1. The molecule has 7 nitrogen and oxygen atoms in total. The third-order valence-electron chi connectivity index (χ3n) is 3.85. The molecule has 128 valence electrons. The van der Waals surface area contributed by atoms with Crippen molar-refractivity contribution in [3.8, 4) is 0 Å². The van der Waals surface area contributed by atoms with Gasteiger partial charge < -0.3 is 5.11 Å². The molecule has 1 unspecified atom stereocenters. The molecule has 1 aliphatic rings. The highest BCUT2D eigenvalue weighted by Gasteiger charge is 2.34. The zero-order valence-corrected chi connectivity index (χ0v) is 13.8. The summed E-state index contributed by atoms with van der Waals surface area (Å²) < 4.78 is 39.6. The first-order valence-corrected chi connectivity index (χ1v) is 8.53. The topological polar surface area (TPSA) is 81.2 Å². The van der Waals surface area contributed by atoms with Gasteiger partial charge in [-0.3, -0.25) is 9.69 Å². The Morgan fingerprint density at radius 1 is 1.17 bits per heavy atom. The predicted octanol–water partition coefficient (Wildman–Crippen LogP) is 0.375. The van der Waals surface area contributed by atoms with Crippen LogP contribution >= 0.6 is 0 Å². The summed E-state index contributed by atoms with van der Waals surface area (Å²) in [4.78, 5) is 13.3. The lowest BCUT2D eigenvalue weighted by Gasteiger charge is -2.37. The number of nitrogens with zero attached hydrogens (tertiary/aromatic N) is 3. The molecule has 1 fully saturated rings. The van der Waals surface area contributed by atoms with Crippen LogP contribution < -0.4 is 0 Å². The molecule has 1 heterocycles. The molecule has 23 heavy (non-hydrogen) atoms. The Morgan fingerprint density at radius 2 is 1.70 bits per heavy atom. The first-order chi connectivity index (χ1) is 10.7. The molecular formula is C14H20FN3O4S. The van der Waals surface area contributed by atoms with Gasteiger partial charge in [0, 0.05) is 40.3 Å². The van der Waals surface area contributed by atoms with Crippen molar-refractivity contribution in [1.82, 2.24) is 13.5 Å². The maximum atomic E-state index is 13.0. The summed E-state index contributed by atoms with van der Waals surface area (Å²) in [5.74, 6) is -1.47. The smallest absolute Gasteiger partial charge is 0.325 e. The van der Waals surface area contributed by atoms with E-state index in [9.17, 15) is 22.7 Å². The zero-order valence-electron chi connectivity index (χ0n) is 13.0. The second kappa shape index (κ2) is 6.91. The van der Waals surface area contributed by atoms with Gasteiger partial charge >= 0.3 is 5.97 Å². The van der Waals surface area contributed by atoms with Gasteiger partial charge in [0.2, 0.25) is 0 Å². The van der Waals surface area contributed by atoms with Gasteiger partial charge in [0.05, 0.1) is 0 Å². The summed E-state index contributed by atoms with van der Waals surface area (Å²) >= 11 is 0. The van der Waals surface area contributed by atoms with E-state index in [0.29, 0.717) is 18.7 Å². The minimum atomic E-state index is -3.50. The Hall–Kier alpha value is -1.55. The summed E-state index contributed by atoms with van der Waals surface area (Å²) in [5, 5.41) is 9.49. The summed E-state index contributed by atoms with van der Waals surface area (Å²) in [7, 11) is -0.579. The van der Waals surface area contributed by atoms with E-state index >= 15 is 0 Å². The van der Waals surface area contributed by atoms with Gasteiger partial charge in [-0.15, -0.1) is 0 Å². The van der Waals surface area contributed by atoms with Crippen molar-refractivity contribution >= 4 is 16.2 Å². The van der Waals surface area contributed by atoms with Gasteiger partial charge in [0.25, 0.3) is 10.2 Å². The third-order valence-corrected chi connectivity index (χ3v) is 5.79. The predicted molar refractivity (Wildman–Crippen MR) is 82.5 cm³/mol. The quantitative estimate of drug-likeness (QED) is 0.834. The van der Waals surface area contributed by atoms with Gasteiger partial charge in [-0.05, 0) is 17.7 Å². The van der Waals surface area contributed by atoms with E-state index in [4.69, 9.17) is 0 Å². The maximum absolute atomic E-state index is 13.0. The number of rotatable bonds is 5. The molecule has 9 heteroatoms. The molecule has 0 amide bonds. The average molecular weight is 345 g/mol. The van der Waals surface area contributed by atoms with E-state index in [1.165, 1.54) is 42.7 Å². The van der Waals surface area contributed by atoms with Crippen LogP contribution in [0.3, 0.4) is 0 Å². The van der Waals surface area contributed by atoms with Crippen molar-refractivity contribution < 1.29 is 22.7 Å². The average Bonchev–Trinajstić information content (AvgIpc) is 2.49. The molecule has 0 saturated carbocycles. The number of benzene rings is 1. The van der Waals surface area contributed by atoms with Crippen molar-refractivity contribution in [2.45, 2.75) is 6.04 Å². The van der Waals surface area contributed by atoms with Crippen molar-refractivity contribution in [2.75, 3.05) is 40.3 Å². The number of carbonyl (C=O) groups is 1. The first-order valence-electron chi connectivity index (χ1n) is 7.13. The molecule has 1 aliphatic heterocycles. The molecule has 2 rings (SSSR count). The van der Waals surface area contributed by atoms with E-state index in [1.807, 2.05) is 0 Å². The Bertz CT molecular complexity index is 655. The number of carboxylic acid groups (broad SMARTS) is 1. The van der Waals surface area contributed by atoms with Gasteiger partial charge in [0.15, 0.2) is 0 Å². The molecule has 1 atom stereocenters. The molecule has 0 radical (unpaired) electrons. The Labute approximate surface area is 135 Å². The summed E-state index contributed by atoms with van der Waals surface area (Å²) in [6, 6.07) is 4.41. The highest BCUT2D eigenvalue weighted by atomic mass is 32.2. The first kappa shape index (κ1) is 17.8. The lowest BCUT2D eigenvalue weighted by atomic mass is 10.0. The van der Waals surface area contributed by atoms with Crippen LogP contribution in [0, 0.1) is 5.82 Å². The second-order valence-corrected chi connectivity index (χ2v) is 7.66. The van der Waals surface area contributed by atoms with Gasteiger partial charge in [-0.2, -0.15) is 17.0 Å². The standard InChI is InChI=1S/C14H20FN3O4S/c1-16(2)23(21,22)18-9-7-17(8-10-18)13(14(19)20)11-3-5-12(15)6-4-11/h3-6,13H,7-10H2,1-2H3,(H,19,20). The van der Waals surface area contributed by atoms with Crippen LogP contribution in [-0.2, 0) is 15.0 Å². The highest BCUT2D eigenvalue weighted by molar-refractivity contribution is 7.86. The highest BCUT2D eigenvalue weighted by Crippen LogP contribution is 2.24. The summed E-state index contributed by atoms with van der Waals surface area (Å²) in [6.45, 7) is 1.01. The second-order valence-electron chi connectivity index (χ2n) is 5.52. The number of carboxylic acids is 1. The van der Waals surface area contributed by atoms with E-state index in [0.717, 1.165) is 4.31 Å². The van der Waals surface area contributed by atoms with Crippen LogP contribution in [0.1, 0.15) is 11.6 Å². The summed E-state index contributed by atoms with van der Waals surface area (Å²) in [5.41, 5.74) is 0.475. The molecule has 1 aromatic carbocycles. The van der Waals surface area contributed by atoms with Crippen LogP contribution in [0.15, 0.2) is 24.3 Å².